The van der Waals surface area contributed by atoms with Gasteiger partial charge >= 0.3 is 0 Å². The zero-order chi connectivity index (χ0) is 11.5. The Morgan fingerprint density at radius 2 is 1.94 bits per heavy atom. The maximum absolute atomic E-state index is 13.7. The van der Waals surface area contributed by atoms with Crippen molar-refractivity contribution in [2.24, 2.45) is 5.73 Å². The first-order chi connectivity index (χ1) is 7.70. The molecule has 2 N–H and O–H groups in total. The highest BCUT2D eigenvalue weighted by Crippen LogP contribution is 2.22. The van der Waals surface area contributed by atoms with E-state index in [4.69, 9.17) is 5.73 Å². The molecule has 16 heavy (non-hydrogen) atoms. The first-order valence-corrected chi connectivity index (χ1v) is 5.62. The molecule has 0 bridgehead atoms. The molecule has 0 spiro atoms. The number of likely N-dealkylation sites (N-methyl/N-ethyl adjacent to an activating group) is 1. The molecule has 1 fully saturated rings. The highest BCUT2D eigenvalue weighted by atomic mass is 19.1. The van der Waals surface area contributed by atoms with Crippen LogP contribution in [0, 0.1) is 5.82 Å². The molecule has 0 aromatic heterocycles. The minimum atomic E-state index is -0.151. The maximum Gasteiger partial charge on any atom is 0.146 e. The highest BCUT2D eigenvalue weighted by Gasteiger charge is 2.17. The lowest BCUT2D eigenvalue weighted by molar-refractivity contribution is 0.311. The van der Waals surface area contributed by atoms with Crippen LogP contribution in [0.5, 0.6) is 0 Å². The van der Waals surface area contributed by atoms with Crippen LogP contribution in [0.1, 0.15) is 5.56 Å². The first kappa shape index (κ1) is 11.4. The summed E-state index contributed by atoms with van der Waals surface area (Å²) in [5.41, 5.74) is 7.24. The van der Waals surface area contributed by atoms with Crippen molar-refractivity contribution in [3.05, 3.63) is 29.6 Å². The van der Waals surface area contributed by atoms with Crippen molar-refractivity contribution in [3.63, 3.8) is 0 Å². The molecule has 0 aliphatic carbocycles. The third-order valence-electron chi connectivity index (χ3n) is 3.09. The van der Waals surface area contributed by atoms with Crippen LogP contribution in [0.3, 0.4) is 0 Å². The molecule has 1 saturated heterocycles. The van der Waals surface area contributed by atoms with Gasteiger partial charge in [-0.15, -0.1) is 0 Å². The Bertz CT molecular complexity index is 359. The number of piperazine rings is 1. The molecule has 2 rings (SSSR count). The van der Waals surface area contributed by atoms with Gasteiger partial charge in [0, 0.05) is 32.7 Å². The number of hydrogen-bond donors (Lipinski definition) is 1. The Morgan fingerprint density at radius 1 is 1.25 bits per heavy atom. The highest BCUT2D eigenvalue weighted by molar-refractivity contribution is 5.50. The van der Waals surface area contributed by atoms with Gasteiger partial charge in [-0.05, 0) is 24.7 Å². The molecule has 0 radical (unpaired) electrons. The topological polar surface area (TPSA) is 32.5 Å². The van der Waals surface area contributed by atoms with Crippen molar-refractivity contribution in [1.82, 2.24) is 4.90 Å². The maximum atomic E-state index is 13.7. The molecule has 1 aromatic carbocycles. The van der Waals surface area contributed by atoms with Gasteiger partial charge in [0.25, 0.3) is 0 Å². The second-order valence-corrected chi connectivity index (χ2v) is 4.28. The summed E-state index contributed by atoms with van der Waals surface area (Å²) in [5, 5.41) is 0. The third kappa shape index (κ3) is 2.33. The van der Waals surface area contributed by atoms with Gasteiger partial charge in [-0.1, -0.05) is 6.07 Å². The number of benzene rings is 1. The van der Waals surface area contributed by atoms with Crippen molar-refractivity contribution in [1.29, 1.82) is 0 Å². The minimum absolute atomic E-state index is 0.151. The molecule has 1 aromatic rings. The van der Waals surface area contributed by atoms with E-state index in [0.29, 0.717) is 12.2 Å². The van der Waals surface area contributed by atoms with Crippen LogP contribution in [-0.4, -0.2) is 38.1 Å². The van der Waals surface area contributed by atoms with E-state index in [1.807, 2.05) is 6.07 Å². The van der Waals surface area contributed by atoms with Crippen LogP contribution in [0.2, 0.25) is 0 Å². The summed E-state index contributed by atoms with van der Waals surface area (Å²) in [6.07, 6.45) is 0. The molecule has 3 nitrogen and oxygen atoms in total. The molecule has 1 aliphatic heterocycles. The van der Waals surface area contributed by atoms with Crippen molar-refractivity contribution < 1.29 is 4.39 Å². The molecular weight excluding hydrogens is 205 g/mol. The Hall–Kier alpha value is -1.13. The summed E-state index contributed by atoms with van der Waals surface area (Å²) in [7, 11) is 2.09. The van der Waals surface area contributed by atoms with E-state index in [2.05, 4.69) is 16.8 Å². The van der Waals surface area contributed by atoms with Gasteiger partial charge in [-0.3, -0.25) is 0 Å². The second kappa shape index (κ2) is 4.80. The summed E-state index contributed by atoms with van der Waals surface area (Å²) in [5.74, 6) is -0.151. The van der Waals surface area contributed by atoms with Crippen molar-refractivity contribution >= 4 is 5.69 Å². The van der Waals surface area contributed by atoms with Gasteiger partial charge < -0.3 is 15.5 Å². The van der Waals surface area contributed by atoms with E-state index in [9.17, 15) is 4.39 Å². The van der Waals surface area contributed by atoms with Crippen LogP contribution in [-0.2, 0) is 6.54 Å². The number of halogens is 1. The van der Waals surface area contributed by atoms with Gasteiger partial charge in [0.1, 0.15) is 5.82 Å². The lowest BCUT2D eigenvalue weighted by atomic mass is 10.1. The van der Waals surface area contributed by atoms with Crippen LogP contribution >= 0.6 is 0 Å². The number of nitrogens with zero attached hydrogens (tertiary/aromatic N) is 2. The number of hydrogen-bond acceptors (Lipinski definition) is 3. The van der Waals surface area contributed by atoms with E-state index < -0.39 is 0 Å². The summed E-state index contributed by atoms with van der Waals surface area (Å²) in [4.78, 5) is 4.34. The van der Waals surface area contributed by atoms with Crippen LogP contribution in [0.4, 0.5) is 10.1 Å². The van der Waals surface area contributed by atoms with Crippen LogP contribution in [0.25, 0.3) is 0 Å². The summed E-state index contributed by atoms with van der Waals surface area (Å²) in [6.45, 7) is 4.17. The number of rotatable bonds is 2. The molecule has 88 valence electrons. The predicted molar refractivity (Wildman–Crippen MR) is 64.0 cm³/mol. The average Bonchev–Trinajstić information content (AvgIpc) is 2.31. The molecule has 0 unspecified atom stereocenters. The third-order valence-corrected chi connectivity index (χ3v) is 3.09. The van der Waals surface area contributed by atoms with Gasteiger partial charge in [0.2, 0.25) is 0 Å². The summed E-state index contributed by atoms with van der Waals surface area (Å²) < 4.78 is 13.7. The Morgan fingerprint density at radius 3 is 2.56 bits per heavy atom. The van der Waals surface area contributed by atoms with Crippen LogP contribution in [0.15, 0.2) is 18.2 Å². The van der Waals surface area contributed by atoms with Crippen LogP contribution < -0.4 is 10.6 Å². The van der Waals surface area contributed by atoms with E-state index in [1.54, 1.807) is 6.07 Å². The standard InChI is InChI=1S/C12H18FN3/c1-15-4-6-16(7-5-15)12-8-10(9-14)2-3-11(12)13/h2-3,8H,4-7,9,14H2,1H3. The van der Waals surface area contributed by atoms with Crippen molar-refractivity contribution in [2.45, 2.75) is 6.54 Å². The van der Waals surface area contributed by atoms with Gasteiger partial charge in [-0.2, -0.15) is 0 Å². The lowest BCUT2D eigenvalue weighted by Gasteiger charge is -2.34. The Kier molecular flexibility index (Phi) is 3.41. The zero-order valence-corrected chi connectivity index (χ0v) is 9.62. The average molecular weight is 223 g/mol. The fourth-order valence-electron chi connectivity index (χ4n) is 1.97. The predicted octanol–water partition coefficient (Wildman–Crippen LogP) is 1.04. The lowest BCUT2D eigenvalue weighted by Crippen LogP contribution is -2.44. The molecule has 1 heterocycles. The SMILES string of the molecule is CN1CCN(c2cc(CN)ccc2F)CC1. The second-order valence-electron chi connectivity index (χ2n) is 4.28. The largest absolute Gasteiger partial charge is 0.367 e. The molecule has 0 atom stereocenters. The fourth-order valence-corrected chi connectivity index (χ4v) is 1.97. The summed E-state index contributed by atoms with van der Waals surface area (Å²) in [6, 6.07) is 5.12. The molecular formula is C12H18FN3. The zero-order valence-electron chi connectivity index (χ0n) is 9.62. The first-order valence-electron chi connectivity index (χ1n) is 5.62. The molecule has 4 heteroatoms. The normalized spacial score (nSPS) is 17.8. The fraction of sp³-hybridized carbons (Fsp3) is 0.500. The Labute approximate surface area is 95.6 Å². The van der Waals surface area contributed by atoms with Crippen molar-refractivity contribution in [3.8, 4) is 0 Å². The van der Waals surface area contributed by atoms with E-state index >= 15 is 0 Å². The molecule has 0 saturated carbocycles. The van der Waals surface area contributed by atoms with E-state index in [-0.39, 0.29) is 5.82 Å². The molecule has 0 amide bonds. The Balaban J connectivity index is 2.19. The van der Waals surface area contributed by atoms with Crippen molar-refractivity contribution in [2.75, 3.05) is 38.1 Å². The number of nitrogens with two attached hydrogens (primary N) is 1. The van der Waals surface area contributed by atoms with Gasteiger partial charge in [0.05, 0.1) is 5.69 Å². The quantitative estimate of drug-likeness (QED) is 0.813. The monoisotopic (exact) mass is 223 g/mol. The van der Waals surface area contributed by atoms with Gasteiger partial charge in [-0.25, -0.2) is 4.39 Å². The van der Waals surface area contributed by atoms with E-state index in [0.717, 1.165) is 31.7 Å². The molecule has 1 aliphatic rings. The van der Waals surface area contributed by atoms with E-state index in [1.165, 1.54) is 6.07 Å². The minimum Gasteiger partial charge on any atom is -0.367 e. The number of anilines is 1. The summed E-state index contributed by atoms with van der Waals surface area (Å²) >= 11 is 0. The smallest absolute Gasteiger partial charge is 0.146 e. The van der Waals surface area contributed by atoms with Gasteiger partial charge in [0.15, 0.2) is 0 Å².